The molecule has 0 aliphatic carbocycles. The SMILES string of the molecule is CCCCCCCC(=O)N1CCCC[C@H]1C(=O)N[C@@H](Cc1ccccc1)C(=O)N[C@@H](CCCN=C(N)N)C(=O)N[C@@H](CC(C)C)C(=O)N1CCC[C@H]1C(=O)N(C)[C@H](CC(C)C)C(=O)N[C@@H](CC(=O)O)C(=O)N[C@@H](CCCN=C(N)N)C(=O)N[C@H](C(N)=O)[C@@H](C)CC. The Labute approximate surface area is 536 Å². The molecule has 17 N–H and O–H groups in total. The zero-order chi connectivity index (χ0) is 67.9. The molecule has 91 heavy (non-hydrogen) atoms. The number of carbonyl (C=O) groups is 11. The van der Waals surface area contributed by atoms with Gasteiger partial charge in [0.25, 0.3) is 0 Å². The molecule has 2 heterocycles. The maximum atomic E-state index is 15.0. The van der Waals surface area contributed by atoms with Gasteiger partial charge in [-0.25, -0.2) is 0 Å². The average molecular weight is 1280 g/mol. The molecule has 0 bridgehead atoms. The highest BCUT2D eigenvalue weighted by Gasteiger charge is 2.43. The number of nitrogens with zero attached hydrogens (tertiary/aromatic N) is 5. The smallest absolute Gasteiger partial charge is 0.305 e. The number of piperidine rings is 1. The van der Waals surface area contributed by atoms with E-state index < -0.39 is 126 Å². The van der Waals surface area contributed by atoms with Crippen LogP contribution >= 0.6 is 0 Å². The third kappa shape index (κ3) is 26.7. The molecule has 28 heteroatoms. The number of likely N-dealkylation sites (N-methyl/N-ethyl adjacent to an activating group) is 1. The summed E-state index contributed by atoms with van der Waals surface area (Å²) in [5, 5.41) is 26.2. The molecular weight excluding hydrogens is 1170 g/mol. The van der Waals surface area contributed by atoms with E-state index in [2.05, 4.69) is 48.8 Å². The standard InChI is InChI=1S/C63H106N16O12/c1-9-11-12-13-17-29-50(80)78-32-19-18-27-47(78)58(88)73-44(36-41-23-15-14-16-24-41)56(86)71-42(25-20-30-69-62(65)66)54(84)75-46(34-38(3)4)60(90)79-33-22-28-48(79)61(91)77(8)49(35-39(5)6)59(89)74-45(37-51(81)82)57(87)72-43(26-21-31-70-63(67)68)55(85)76-52(53(64)83)40(7)10-2/h14-16,23-24,38-40,42-49,52H,9-13,17-22,25-37H2,1-8H3,(H2,64,83)(H,71,86)(H,72,87)(H,73,88)(H,74,89)(H,75,84)(H,76,85)(H,81,82)(H4,65,66,69)(H4,67,68,70)/t40-,42-,43-,44-,45-,46-,47-,48-,49+,52-/m0/s1. The van der Waals surface area contributed by atoms with E-state index in [-0.39, 0.29) is 101 Å². The summed E-state index contributed by atoms with van der Waals surface area (Å²) in [6.07, 6.45) is 7.39. The number of hydrogen-bond acceptors (Lipinski definition) is 13. The highest BCUT2D eigenvalue weighted by molar-refractivity contribution is 5.99. The predicted molar refractivity (Wildman–Crippen MR) is 345 cm³/mol. The van der Waals surface area contributed by atoms with Crippen molar-refractivity contribution >= 4 is 77.0 Å². The van der Waals surface area contributed by atoms with Crippen molar-refractivity contribution in [2.45, 2.75) is 231 Å². The van der Waals surface area contributed by atoms with Crippen LogP contribution in [0.2, 0.25) is 0 Å². The van der Waals surface area contributed by atoms with E-state index in [4.69, 9.17) is 28.7 Å². The van der Waals surface area contributed by atoms with Crippen LogP contribution in [0.5, 0.6) is 0 Å². The lowest BCUT2D eigenvalue weighted by atomic mass is 9.97. The second kappa shape index (κ2) is 39.9. The van der Waals surface area contributed by atoms with Gasteiger partial charge in [0.15, 0.2) is 11.9 Å². The number of nitrogens with one attached hydrogen (secondary N) is 6. The van der Waals surface area contributed by atoms with Gasteiger partial charge in [0.2, 0.25) is 59.1 Å². The molecule has 3 rings (SSSR count). The summed E-state index contributed by atoms with van der Waals surface area (Å²) in [6.45, 7) is 13.5. The predicted octanol–water partition coefficient (Wildman–Crippen LogP) is 0.903. The van der Waals surface area contributed by atoms with Crippen molar-refractivity contribution in [1.82, 2.24) is 46.6 Å². The van der Waals surface area contributed by atoms with Crippen LogP contribution in [0.1, 0.15) is 176 Å². The Morgan fingerprint density at radius 1 is 0.593 bits per heavy atom. The van der Waals surface area contributed by atoms with Crippen molar-refractivity contribution in [2.75, 3.05) is 33.2 Å². The van der Waals surface area contributed by atoms with Crippen molar-refractivity contribution in [3.8, 4) is 0 Å². The molecule has 510 valence electrons. The molecule has 0 aromatic heterocycles. The van der Waals surface area contributed by atoms with Gasteiger partial charge in [0, 0.05) is 46.1 Å². The van der Waals surface area contributed by atoms with Crippen molar-refractivity contribution in [2.24, 2.45) is 56.4 Å². The number of aliphatic carboxylic acids is 1. The number of carbonyl (C=O) groups excluding carboxylic acids is 10. The van der Waals surface area contributed by atoms with Gasteiger partial charge in [0.05, 0.1) is 6.42 Å². The van der Waals surface area contributed by atoms with E-state index in [1.54, 1.807) is 56.9 Å². The number of hydrogen-bond donors (Lipinski definition) is 12. The Bertz CT molecular complexity index is 2630. The van der Waals surface area contributed by atoms with E-state index in [1.165, 1.54) is 11.9 Å². The number of amides is 10. The van der Waals surface area contributed by atoms with Gasteiger partial charge in [-0.15, -0.1) is 0 Å². The second-order valence-electron chi connectivity index (χ2n) is 24.9. The number of rotatable bonds is 40. The Hall–Kier alpha value is -8.07. The van der Waals surface area contributed by atoms with Crippen LogP contribution in [0.25, 0.3) is 0 Å². The summed E-state index contributed by atoms with van der Waals surface area (Å²) in [5.41, 5.74) is 28.5. The lowest BCUT2D eigenvalue weighted by molar-refractivity contribution is -0.149. The first-order chi connectivity index (χ1) is 43.1. The van der Waals surface area contributed by atoms with E-state index >= 15 is 0 Å². The molecule has 0 radical (unpaired) electrons. The normalized spacial score (nSPS) is 17.3. The second-order valence-corrected chi connectivity index (χ2v) is 24.9. The minimum absolute atomic E-state index is 0.0115. The Kier molecular flexibility index (Phi) is 33.9. The van der Waals surface area contributed by atoms with Crippen molar-refractivity contribution in [3.05, 3.63) is 35.9 Å². The monoisotopic (exact) mass is 1280 g/mol. The van der Waals surface area contributed by atoms with Crippen LogP contribution in [0.4, 0.5) is 0 Å². The van der Waals surface area contributed by atoms with E-state index in [1.807, 2.05) is 19.9 Å². The number of primary amides is 1. The molecule has 28 nitrogen and oxygen atoms in total. The quantitative estimate of drug-likeness (QED) is 0.0247. The fourth-order valence-corrected chi connectivity index (χ4v) is 11.3. The lowest BCUT2D eigenvalue weighted by Crippen LogP contribution is -2.61. The average Bonchev–Trinajstić information content (AvgIpc) is 2.06. The zero-order valence-corrected chi connectivity index (χ0v) is 54.8. The van der Waals surface area contributed by atoms with Crippen LogP contribution in [0.15, 0.2) is 40.3 Å². The van der Waals surface area contributed by atoms with E-state index in [9.17, 15) is 57.8 Å². The first-order valence-electron chi connectivity index (χ1n) is 32.4. The van der Waals surface area contributed by atoms with Crippen molar-refractivity contribution in [3.63, 3.8) is 0 Å². The van der Waals surface area contributed by atoms with Gasteiger partial charge in [-0.05, 0) is 100 Å². The van der Waals surface area contributed by atoms with Crippen LogP contribution in [-0.2, 0) is 59.2 Å². The molecule has 10 amide bonds. The summed E-state index contributed by atoms with van der Waals surface area (Å²) < 4.78 is 0. The highest BCUT2D eigenvalue weighted by atomic mass is 16.4. The number of nitrogens with two attached hydrogens (primary N) is 5. The fourth-order valence-electron chi connectivity index (χ4n) is 11.3. The molecule has 0 unspecified atom stereocenters. The van der Waals surface area contributed by atoms with E-state index in [0.717, 1.165) is 37.0 Å². The summed E-state index contributed by atoms with van der Waals surface area (Å²) >= 11 is 0. The van der Waals surface area contributed by atoms with Crippen molar-refractivity contribution < 1.29 is 57.8 Å². The highest BCUT2D eigenvalue weighted by Crippen LogP contribution is 2.25. The summed E-state index contributed by atoms with van der Waals surface area (Å²) in [7, 11) is 1.36. The lowest BCUT2D eigenvalue weighted by Gasteiger charge is -2.36. The first-order valence-corrected chi connectivity index (χ1v) is 32.4. The Morgan fingerprint density at radius 3 is 1.67 bits per heavy atom. The van der Waals surface area contributed by atoms with Gasteiger partial charge in [-0.3, -0.25) is 62.7 Å². The molecule has 0 saturated carbocycles. The Balaban J connectivity index is 1.94. The minimum atomic E-state index is -1.78. The summed E-state index contributed by atoms with van der Waals surface area (Å²) in [6, 6.07) is -2.27. The maximum absolute atomic E-state index is 15.0. The molecule has 2 aliphatic rings. The van der Waals surface area contributed by atoms with Crippen LogP contribution < -0.4 is 60.6 Å². The van der Waals surface area contributed by atoms with Gasteiger partial charge in [0.1, 0.15) is 54.4 Å². The van der Waals surface area contributed by atoms with Crippen molar-refractivity contribution in [1.29, 1.82) is 0 Å². The van der Waals surface area contributed by atoms with Gasteiger partial charge in [-0.2, -0.15) is 0 Å². The molecule has 0 spiro atoms. The molecule has 2 aliphatic heterocycles. The Morgan fingerprint density at radius 2 is 1.12 bits per heavy atom. The molecule has 1 aromatic rings. The number of carboxylic acid groups (broad SMARTS) is 1. The van der Waals surface area contributed by atoms with Crippen LogP contribution in [0, 0.1) is 17.8 Å². The molecule has 10 atom stereocenters. The minimum Gasteiger partial charge on any atom is -0.481 e. The number of guanidine groups is 2. The number of carboxylic acids is 1. The zero-order valence-electron chi connectivity index (χ0n) is 54.8. The first kappa shape index (κ1) is 77.2. The number of unbranched alkanes of at least 4 members (excludes halogenated alkanes) is 4. The van der Waals surface area contributed by atoms with E-state index in [0.29, 0.717) is 50.6 Å². The topological polar surface area (TPSA) is 445 Å². The number of benzene rings is 1. The largest absolute Gasteiger partial charge is 0.481 e. The third-order valence-electron chi connectivity index (χ3n) is 16.5. The number of likely N-dealkylation sites (tertiary alicyclic amines) is 2. The van der Waals surface area contributed by atoms with Crippen LogP contribution in [-0.4, -0.2) is 184 Å². The maximum Gasteiger partial charge on any atom is 0.305 e. The van der Waals surface area contributed by atoms with Crippen LogP contribution in [0.3, 0.4) is 0 Å². The molecule has 2 saturated heterocycles. The number of aliphatic imine (C=N–C) groups is 2. The molecular formula is C63H106N16O12. The van der Waals surface area contributed by atoms with Gasteiger partial charge >= 0.3 is 5.97 Å². The molecule has 1 aromatic carbocycles. The van der Waals surface area contributed by atoms with Gasteiger partial charge in [-0.1, -0.05) is 111 Å². The van der Waals surface area contributed by atoms with Gasteiger partial charge < -0.3 is 80.4 Å². The molecule has 2 fully saturated rings. The third-order valence-corrected chi connectivity index (χ3v) is 16.5. The summed E-state index contributed by atoms with van der Waals surface area (Å²) in [4.78, 5) is 166. The summed E-state index contributed by atoms with van der Waals surface area (Å²) in [5.74, 6) is -9.63. The fraction of sp³-hybridized carbons (Fsp3) is 0.698.